The monoisotopic (exact) mass is 213 g/mol. The summed E-state index contributed by atoms with van der Waals surface area (Å²) >= 11 is 1.68. The number of nitrogens with zero attached hydrogens (tertiary/aromatic N) is 2. The average Bonchev–Trinajstić information content (AvgIpc) is 2.72. The molecule has 78 valence electrons. The van der Waals surface area contributed by atoms with Gasteiger partial charge in [0.1, 0.15) is 6.26 Å². The molecule has 0 saturated carbocycles. The number of oxazole rings is 1. The van der Waals surface area contributed by atoms with Crippen molar-refractivity contribution in [3.63, 3.8) is 0 Å². The van der Waals surface area contributed by atoms with Crippen molar-refractivity contribution in [1.82, 2.24) is 15.2 Å². The average molecular weight is 213 g/mol. The van der Waals surface area contributed by atoms with Crippen molar-refractivity contribution in [1.29, 1.82) is 0 Å². The fourth-order valence-corrected chi connectivity index (χ4v) is 2.26. The van der Waals surface area contributed by atoms with Gasteiger partial charge >= 0.3 is 0 Å². The lowest BCUT2D eigenvalue weighted by atomic mass is 10.4. The molecule has 0 unspecified atom stereocenters. The molecule has 14 heavy (non-hydrogen) atoms. The van der Waals surface area contributed by atoms with E-state index in [9.17, 15) is 0 Å². The fourth-order valence-electron chi connectivity index (χ4n) is 1.48. The number of nitrogens with one attached hydrogen (secondary N) is 1. The molecule has 2 rings (SSSR count). The van der Waals surface area contributed by atoms with Crippen LogP contribution in [-0.4, -0.2) is 48.4 Å². The summed E-state index contributed by atoms with van der Waals surface area (Å²) in [5, 5.41) is 4.12. The molecule has 0 radical (unpaired) electrons. The van der Waals surface area contributed by atoms with E-state index in [-0.39, 0.29) is 0 Å². The van der Waals surface area contributed by atoms with Gasteiger partial charge in [-0.1, -0.05) is 11.8 Å². The molecule has 0 spiro atoms. The second kappa shape index (κ2) is 5.38. The van der Waals surface area contributed by atoms with Gasteiger partial charge in [0.2, 0.25) is 0 Å². The maximum atomic E-state index is 5.14. The van der Waals surface area contributed by atoms with E-state index in [2.05, 4.69) is 15.2 Å². The maximum Gasteiger partial charge on any atom is 0.255 e. The molecule has 1 fully saturated rings. The Morgan fingerprint density at radius 3 is 3.07 bits per heavy atom. The molecule has 1 aromatic heterocycles. The third kappa shape index (κ3) is 3.01. The van der Waals surface area contributed by atoms with E-state index in [4.69, 9.17) is 4.42 Å². The zero-order chi connectivity index (χ0) is 9.64. The summed E-state index contributed by atoms with van der Waals surface area (Å²) in [6, 6.07) is 0. The quantitative estimate of drug-likeness (QED) is 0.745. The minimum absolute atomic E-state index is 0.778. The molecular formula is C9H15N3OS. The van der Waals surface area contributed by atoms with Gasteiger partial charge in [0.15, 0.2) is 0 Å². The predicted molar refractivity (Wildman–Crippen MR) is 56.5 cm³/mol. The highest BCUT2D eigenvalue weighted by molar-refractivity contribution is 7.99. The first-order chi connectivity index (χ1) is 6.95. The maximum absolute atomic E-state index is 5.14. The minimum Gasteiger partial charge on any atom is -0.440 e. The van der Waals surface area contributed by atoms with Crippen LogP contribution in [0.15, 0.2) is 22.1 Å². The van der Waals surface area contributed by atoms with Crippen LogP contribution in [0.4, 0.5) is 0 Å². The summed E-state index contributed by atoms with van der Waals surface area (Å²) in [6.07, 6.45) is 3.31. The van der Waals surface area contributed by atoms with Crippen LogP contribution in [-0.2, 0) is 0 Å². The summed E-state index contributed by atoms with van der Waals surface area (Å²) in [6.45, 7) is 5.67. The van der Waals surface area contributed by atoms with Crippen LogP contribution >= 0.6 is 11.8 Å². The first-order valence-corrected chi connectivity index (χ1v) is 5.89. The van der Waals surface area contributed by atoms with E-state index in [1.807, 2.05) is 0 Å². The predicted octanol–water partition coefficient (Wildman–Crippen LogP) is 0.672. The Morgan fingerprint density at radius 2 is 2.36 bits per heavy atom. The molecule has 1 aliphatic heterocycles. The topological polar surface area (TPSA) is 41.3 Å². The lowest BCUT2D eigenvalue weighted by molar-refractivity contribution is 0.255. The van der Waals surface area contributed by atoms with Gasteiger partial charge in [0.05, 0.1) is 6.20 Å². The van der Waals surface area contributed by atoms with Gasteiger partial charge in [-0.2, -0.15) is 0 Å². The van der Waals surface area contributed by atoms with Crippen LogP contribution in [0.5, 0.6) is 0 Å². The third-order valence-electron chi connectivity index (χ3n) is 2.25. The zero-order valence-corrected chi connectivity index (χ0v) is 8.92. The van der Waals surface area contributed by atoms with Gasteiger partial charge in [-0.3, -0.25) is 4.90 Å². The van der Waals surface area contributed by atoms with Gasteiger partial charge in [0, 0.05) is 38.5 Å². The van der Waals surface area contributed by atoms with Gasteiger partial charge < -0.3 is 9.73 Å². The lowest BCUT2D eigenvalue weighted by Gasteiger charge is -2.26. The molecule has 0 bridgehead atoms. The molecule has 4 nitrogen and oxygen atoms in total. The summed E-state index contributed by atoms with van der Waals surface area (Å²) in [4.78, 5) is 6.53. The van der Waals surface area contributed by atoms with E-state index < -0.39 is 0 Å². The SMILES string of the molecule is c1coc(SCCN2CCNCC2)n1. The van der Waals surface area contributed by atoms with Crippen molar-refractivity contribution in [2.24, 2.45) is 0 Å². The minimum atomic E-state index is 0.778. The summed E-state index contributed by atoms with van der Waals surface area (Å²) in [7, 11) is 0. The van der Waals surface area contributed by atoms with Crippen LogP contribution in [0, 0.1) is 0 Å². The standard InChI is InChI=1S/C9H15N3OS/c1-4-12(5-2-10-1)6-8-14-9-11-3-7-13-9/h3,7,10H,1-2,4-6,8H2. The first-order valence-electron chi connectivity index (χ1n) is 4.90. The molecule has 1 N–H and O–H groups in total. The van der Waals surface area contributed by atoms with Crippen molar-refractivity contribution in [3.8, 4) is 0 Å². The second-order valence-corrected chi connectivity index (χ2v) is 4.28. The highest BCUT2D eigenvalue weighted by atomic mass is 32.2. The number of hydrogen-bond acceptors (Lipinski definition) is 5. The van der Waals surface area contributed by atoms with E-state index in [1.165, 1.54) is 0 Å². The van der Waals surface area contributed by atoms with Crippen molar-refractivity contribution in [2.75, 3.05) is 38.5 Å². The van der Waals surface area contributed by atoms with Crippen molar-refractivity contribution in [2.45, 2.75) is 5.22 Å². The Morgan fingerprint density at radius 1 is 1.50 bits per heavy atom. The van der Waals surface area contributed by atoms with Gasteiger partial charge in [0.25, 0.3) is 5.22 Å². The van der Waals surface area contributed by atoms with Gasteiger partial charge in [-0.25, -0.2) is 4.98 Å². The van der Waals surface area contributed by atoms with E-state index in [1.54, 1.807) is 24.2 Å². The third-order valence-corrected chi connectivity index (χ3v) is 3.09. The Kier molecular flexibility index (Phi) is 3.85. The number of rotatable bonds is 4. The van der Waals surface area contributed by atoms with Gasteiger partial charge in [-0.05, 0) is 0 Å². The Bertz CT molecular complexity index is 247. The van der Waals surface area contributed by atoms with Crippen molar-refractivity contribution < 1.29 is 4.42 Å². The van der Waals surface area contributed by atoms with E-state index >= 15 is 0 Å². The number of piperazine rings is 1. The molecule has 2 heterocycles. The Hall–Kier alpha value is -0.520. The van der Waals surface area contributed by atoms with Crippen molar-refractivity contribution >= 4 is 11.8 Å². The fraction of sp³-hybridized carbons (Fsp3) is 0.667. The summed E-state index contributed by atoms with van der Waals surface area (Å²) in [5.41, 5.74) is 0. The Balaban J connectivity index is 1.62. The van der Waals surface area contributed by atoms with Crippen LogP contribution in [0.2, 0.25) is 0 Å². The molecule has 0 aliphatic carbocycles. The first kappa shape index (κ1) is 10.0. The zero-order valence-electron chi connectivity index (χ0n) is 8.11. The molecule has 0 aromatic carbocycles. The van der Waals surface area contributed by atoms with E-state index in [0.29, 0.717) is 0 Å². The van der Waals surface area contributed by atoms with Gasteiger partial charge in [-0.15, -0.1) is 0 Å². The molecule has 1 aliphatic rings. The summed E-state index contributed by atoms with van der Waals surface area (Å²) in [5.74, 6) is 1.06. The van der Waals surface area contributed by atoms with Crippen LogP contribution in [0.1, 0.15) is 0 Å². The molecule has 1 saturated heterocycles. The molecular weight excluding hydrogens is 198 g/mol. The van der Waals surface area contributed by atoms with Crippen LogP contribution in [0.25, 0.3) is 0 Å². The molecule has 0 atom stereocenters. The molecule has 1 aromatic rings. The van der Waals surface area contributed by atoms with E-state index in [0.717, 1.165) is 43.7 Å². The lowest BCUT2D eigenvalue weighted by Crippen LogP contribution is -2.44. The molecule has 5 heteroatoms. The number of hydrogen-bond donors (Lipinski definition) is 1. The van der Waals surface area contributed by atoms with Crippen LogP contribution < -0.4 is 5.32 Å². The Labute approximate surface area is 88.1 Å². The summed E-state index contributed by atoms with van der Waals surface area (Å²) < 4.78 is 5.14. The van der Waals surface area contributed by atoms with Crippen LogP contribution in [0.3, 0.4) is 0 Å². The molecule has 0 amide bonds. The second-order valence-electron chi connectivity index (χ2n) is 3.24. The number of aromatic nitrogens is 1. The highest BCUT2D eigenvalue weighted by Crippen LogP contribution is 2.14. The normalized spacial score (nSPS) is 18.6. The highest BCUT2D eigenvalue weighted by Gasteiger charge is 2.09. The smallest absolute Gasteiger partial charge is 0.255 e. The largest absolute Gasteiger partial charge is 0.440 e. The number of thioether (sulfide) groups is 1. The van der Waals surface area contributed by atoms with Crippen molar-refractivity contribution in [3.05, 3.63) is 12.5 Å².